The average Bonchev–Trinajstić information content (AvgIpc) is 2.21. The molecule has 0 fully saturated rings. The van der Waals surface area contributed by atoms with Gasteiger partial charge in [-0.1, -0.05) is 11.6 Å². The molecule has 0 aromatic heterocycles. The summed E-state index contributed by atoms with van der Waals surface area (Å²) in [4.78, 5) is 10.4. The molecule has 3 nitrogen and oxygen atoms in total. The van der Waals surface area contributed by atoms with Gasteiger partial charge in [0, 0.05) is 22.5 Å². The predicted octanol–water partition coefficient (Wildman–Crippen LogP) is 3.11. The summed E-state index contributed by atoms with van der Waals surface area (Å²) in [6.45, 7) is 0. The van der Waals surface area contributed by atoms with E-state index in [9.17, 15) is 9.18 Å². The number of nitrogens with two attached hydrogens (primary N) is 1. The second kappa shape index (κ2) is 5.61. The number of hydrogen-bond donors (Lipinski definition) is 2. The first-order valence-electron chi connectivity index (χ1n) is 4.54. The standard InChI is InChI=1S/C10H10BrClFNO2/c11-5-1-2-6(13)9(10(5)12)7(14)3-4-8(15)16/h1-2,7H,3-4,14H2,(H,15,16). The minimum Gasteiger partial charge on any atom is -0.481 e. The van der Waals surface area contributed by atoms with Crippen molar-refractivity contribution >= 4 is 33.5 Å². The van der Waals surface area contributed by atoms with Crippen molar-refractivity contribution in [2.75, 3.05) is 0 Å². The Morgan fingerprint density at radius 1 is 1.62 bits per heavy atom. The number of halogens is 3. The van der Waals surface area contributed by atoms with Gasteiger partial charge in [-0.2, -0.15) is 0 Å². The van der Waals surface area contributed by atoms with Crippen LogP contribution in [0.25, 0.3) is 0 Å². The quantitative estimate of drug-likeness (QED) is 0.840. The first-order chi connectivity index (χ1) is 7.43. The van der Waals surface area contributed by atoms with E-state index in [4.69, 9.17) is 22.4 Å². The molecular formula is C10H10BrClFNO2. The fourth-order valence-electron chi connectivity index (χ4n) is 1.31. The van der Waals surface area contributed by atoms with Crippen LogP contribution in [0.1, 0.15) is 24.4 Å². The molecule has 1 unspecified atom stereocenters. The van der Waals surface area contributed by atoms with Gasteiger partial charge in [0.15, 0.2) is 0 Å². The number of hydrogen-bond acceptors (Lipinski definition) is 2. The SMILES string of the molecule is NC(CCC(=O)O)c1c(F)ccc(Br)c1Cl. The number of carbonyl (C=O) groups is 1. The number of benzene rings is 1. The Labute approximate surface area is 106 Å². The van der Waals surface area contributed by atoms with E-state index in [-0.39, 0.29) is 23.4 Å². The molecule has 16 heavy (non-hydrogen) atoms. The van der Waals surface area contributed by atoms with Crippen LogP contribution >= 0.6 is 27.5 Å². The van der Waals surface area contributed by atoms with Crippen molar-refractivity contribution in [3.8, 4) is 0 Å². The molecule has 0 radical (unpaired) electrons. The lowest BCUT2D eigenvalue weighted by Crippen LogP contribution is -2.14. The molecule has 0 aliphatic heterocycles. The molecule has 0 heterocycles. The fourth-order valence-corrected chi connectivity index (χ4v) is 1.95. The van der Waals surface area contributed by atoms with Crippen molar-refractivity contribution in [1.29, 1.82) is 0 Å². The zero-order chi connectivity index (χ0) is 12.3. The van der Waals surface area contributed by atoms with Crippen LogP contribution in [0.5, 0.6) is 0 Å². The van der Waals surface area contributed by atoms with Crippen molar-refractivity contribution in [3.63, 3.8) is 0 Å². The van der Waals surface area contributed by atoms with Crippen LogP contribution in [0.2, 0.25) is 5.02 Å². The lowest BCUT2D eigenvalue weighted by atomic mass is 10.0. The van der Waals surface area contributed by atoms with E-state index < -0.39 is 17.8 Å². The lowest BCUT2D eigenvalue weighted by Gasteiger charge is -2.14. The number of aliphatic carboxylic acids is 1. The van der Waals surface area contributed by atoms with Crippen LogP contribution < -0.4 is 5.73 Å². The van der Waals surface area contributed by atoms with E-state index in [1.54, 1.807) is 0 Å². The maximum atomic E-state index is 13.5. The Balaban J connectivity index is 2.94. The fraction of sp³-hybridized carbons (Fsp3) is 0.300. The van der Waals surface area contributed by atoms with E-state index in [2.05, 4.69) is 15.9 Å². The first-order valence-corrected chi connectivity index (χ1v) is 5.71. The third-order valence-corrected chi connectivity index (χ3v) is 3.42. The van der Waals surface area contributed by atoms with E-state index in [1.165, 1.54) is 12.1 Å². The van der Waals surface area contributed by atoms with Crippen LogP contribution in [0.4, 0.5) is 4.39 Å². The van der Waals surface area contributed by atoms with Gasteiger partial charge in [0.2, 0.25) is 0 Å². The molecule has 0 aliphatic rings. The van der Waals surface area contributed by atoms with E-state index >= 15 is 0 Å². The lowest BCUT2D eigenvalue weighted by molar-refractivity contribution is -0.137. The molecule has 1 rings (SSSR count). The zero-order valence-corrected chi connectivity index (χ0v) is 10.6. The summed E-state index contributed by atoms with van der Waals surface area (Å²) in [7, 11) is 0. The molecule has 1 aromatic carbocycles. The number of carboxylic acid groups (broad SMARTS) is 1. The number of rotatable bonds is 4. The third kappa shape index (κ3) is 3.17. The monoisotopic (exact) mass is 309 g/mol. The van der Waals surface area contributed by atoms with Gasteiger partial charge in [-0.05, 0) is 34.5 Å². The Bertz CT molecular complexity index is 414. The van der Waals surface area contributed by atoms with Crippen LogP contribution in [0.15, 0.2) is 16.6 Å². The highest BCUT2D eigenvalue weighted by Crippen LogP contribution is 2.33. The second-order valence-electron chi connectivity index (χ2n) is 3.30. The minimum absolute atomic E-state index is 0.122. The molecule has 6 heteroatoms. The molecule has 1 atom stereocenters. The van der Waals surface area contributed by atoms with Crippen LogP contribution in [-0.4, -0.2) is 11.1 Å². The topological polar surface area (TPSA) is 63.3 Å². The van der Waals surface area contributed by atoms with Gasteiger partial charge in [-0.25, -0.2) is 4.39 Å². The van der Waals surface area contributed by atoms with E-state index in [0.717, 1.165) is 0 Å². The molecule has 0 saturated carbocycles. The van der Waals surface area contributed by atoms with Gasteiger partial charge in [0.05, 0.1) is 5.02 Å². The molecule has 0 spiro atoms. The second-order valence-corrected chi connectivity index (χ2v) is 4.53. The summed E-state index contributed by atoms with van der Waals surface area (Å²) in [5.74, 6) is -1.49. The Morgan fingerprint density at radius 2 is 2.25 bits per heavy atom. The molecule has 0 aliphatic carbocycles. The number of carboxylic acids is 1. The highest BCUT2D eigenvalue weighted by molar-refractivity contribution is 9.10. The van der Waals surface area contributed by atoms with Crippen molar-refractivity contribution in [2.45, 2.75) is 18.9 Å². The van der Waals surface area contributed by atoms with Crippen LogP contribution in [0.3, 0.4) is 0 Å². The Morgan fingerprint density at radius 3 is 2.81 bits per heavy atom. The van der Waals surface area contributed by atoms with E-state index in [1.807, 2.05) is 0 Å². The van der Waals surface area contributed by atoms with Gasteiger partial charge in [0.25, 0.3) is 0 Å². The third-order valence-electron chi connectivity index (χ3n) is 2.12. The van der Waals surface area contributed by atoms with E-state index in [0.29, 0.717) is 4.47 Å². The Hall–Kier alpha value is -0.650. The molecule has 3 N–H and O–H groups in total. The highest BCUT2D eigenvalue weighted by Gasteiger charge is 2.18. The summed E-state index contributed by atoms with van der Waals surface area (Å²) in [5.41, 5.74) is 5.86. The predicted molar refractivity (Wildman–Crippen MR) is 62.9 cm³/mol. The maximum Gasteiger partial charge on any atom is 0.303 e. The van der Waals surface area contributed by atoms with Gasteiger partial charge < -0.3 is 10.8 Å². The smallest absolute Gasteiger partial charge is 0.303 e. The molecule has 0 amide bonds. The van der Waals surface area contributed by atoms with Crippen LogP contribution in [0, 0.1) is 5.82 Å². The molecule has 1 aromatic rings. The van der Waals surface area contributed by atoms with Gasteiger partial charge in [0.1, 0.15) is 5.82 Å². The van der Waals surface area contributed by atoms with Crippen LogP contribution in [-0.2, 0) is 4.79 Å². The normalized spacial score (nSPS) is 12.5. The maximum absolute atomic E-state index is 13.5. The first kappa shape index (κ1) is 13.4. The molecule has 0 saturated heterocycles. The van der Waals surface area contributed by atoms with Crippen molar-refractivity contribution < 1.29 is 14.3 Å². The van der Waals surface area contributed by atoms with Crippen molar-refractivity contribution in [3.05, 3.63) is 33.0 Å². The molecular weight excluding hydrogens is 300 g/mol. The summed E-state index contributed by atoms with van der Waals surface area (Å²) in [6.07, 6.45) is 0.0197. The minimum atomic E-state index is -0.970. The largest absolute Gasteiger partial charge is 0.481 e. The molecule has 0 bridgehead atoms. The average molecular weight is 311 g/mol. The zero-order valence-electron chi connectivity index (χ0n) is 8.21. The summed E-state index contributed by atoms with van der Waals surface area (Å²) in [5, 5.41) is 8.70. The summed E-state index contributed by atoms with van der Waals surface area (Å²) >= 11 is 9.05. The van der Waals surface area contributed by atoms with Gasteiger partial charge in [-0.15, -0.1) is 0 Å². The van der Waals surface area contributed by atoms with Crippen molar-refractivity contribution in [1.82, 2.24) is 0 Å². The Kier molecular flexibility index (Phi) is 4.70. The van der Waals surface area contributed by atoms with Gasteiger partial charge >= 0.3 is 5.97 Å². The van der Waals surface area contributed by atoms with Gasteiger partial charge in [-0.3, -0.25) is 4.79 Å². The summed E-state index contributed by atoms with van der Waals surface area (Å²) < 4.78 is 14.0. The van der Waals surface area contributed by atoms with Crippen molar-refractivity contribution in [2.24, 2.45) is 5.73 Å². The summed E-state index contributed by atoms with van der Waals surface area (Å²) in [6, 6.07) is 2.00. The highest BCUT2D eigenvalue weighted by atomic mass is 79.9. The molecule has 88 valence electrons.